The van der Waals surface area contributed by atoms with Crippen LogP contribution in [0.2, 0.25) is 0 Å². The quantitative estimate of drug-likeness (QED) is 0.846. The van der Waals surface area contributed by atoms with Gasteiger partial charge in [0.2, 0.25) is 0 Å². The smallest absolute Gasteiger partial charge is 0.136 e. The second kappa shape index (κ2) is 4.97. The molecule has 5 heteroatoms. The van der Waals surface area contributed by atoms with E-state index in [-0.39, 0.29) is 0 Å². The molecule has 4 rings (SSSR count). The van der Waals surface area contributed by atoms with Gasteiger partial charge in [0, 0.05) is 10.8 Å². The third-order valence-electron chi connectivity index (χ3n) is 4.56. The van der Waals surface area contributed by atoms with Gasteiger partial charge < -0.3 is 11.1 Å². The van der Waals surface area contributed by atoms with Crippen molar-refractivity contribution < 1.29 is 0 Å². The summed E-state index contributed by atoms with van der Waals surface area (Å²) in [6, 6.07) is 0. The first-order valence-electron chi connectivity index (χ1n) is 7.61. The number of nitrogen functional groups attached to an aromatic ring is 1. The lowest BCUT2D eigenvalue weighted by atomic mass is 9.96. The molecule has 0 atom stereocenters. The minimum atomic E-state index is 0.474. The molecule has 106 valence electrons. The summed E-state index contributed by atoms with van der Waals surface area (Å²) in [5.74, 6) is 2.15. The average Bonchev–Trinajstić information content (AvgIpc) is 2.87. The highest BCUT2D eigenvalue weighted by atomic mass is 32.1. The predicted octanol–water partition coefficient (Wildman–Crippen LogP) is 2.62. The summed E-state index contributed by atoms with van der Waals surface area (Å²) >= 11 is 1.85. The van der Waals surface area contributed by atoms with E-state index < -0.39 is 0 Å². The van der Waals surface area contributed by atoms with Crippen LogP contribution in [-0.4, -0.2) is 23.1 Å². The number of nitrogens with two attached hydrogens (primary N) is 1. The van der Waals surface area contributed by atoms with Crippen LogP contribution in [0.5, 0.6) is 0 Å². The molecule has 0 aromatic carbocycles. The molecular formula is C15H20N4S. The van der Waals surface area contributed by atoms with Gasteiger partial charge in [-0.15, -0.1) is 11.3 Å². The molecule has 0 saturated carbocycles. The molecular weight excluding hydrogens is 268 g/mol. The Labute approximate surface area is 122 Å². The number of rotatable bonds is 1. The molecule has 0 bridgehead atoms. The normalized spacial score (nSPS) is 20.2. The lowest BCUT2D eigenvalue weighted by Crippen LogP contribution is -2.27. The molecule has 0 spiro atoms. The van der Waals surface area contributed by atoms with Gasteiger partial charge in [0.05, 0.1) is 5.39 Å². The number of anilines is 1. The summed E-state index contributed by atoms with van der Waals surface area (Å²) in [6.45, 7) is 2.12. The number of aromatic nitrogens is 2. The van der Waals surface area contributed by atoms with Crippen molar-refractivity contribution in [3.8, 4) is 0 Å². The van der Waals surface area contributed by atoms with Crippen LogP contribution in [0, 0.1) is 0 Å². The highest BCUT2D eigenvalue weighted by Crippen LogP contribution is 2.38. The second-order valence-electron chi connectivity index (χ2n) is 5.88. The Hall–Kier alpha value is -1.20. The number of fused-ring (bicyclic) bond motifs is 3. The van der Waals surface area contributed by atoms with Crippen LogP contribution >= 0.6 is 11.3 Å². The summed E-state index contributed by atoms with van der Waals surface area (Å²) in [6.07, 6.45) is 7.16. The van der Waals surface area contributed by atoms with Crippen molar-refractivity contribution in [2.24, 2.45) is 0 Å². The lowest BCUT2D eigenvalue weighted by Gasteiger charge is -2.21. The van der Waals surface area contributed by atoms with E-state index in [0.717, 1.165) is 48.4 Å². The van der Waals surface area contributed by atoms with Crippen LogP contribution in [0.25, 0.3) is 10.2 Å². The van der Waals surface area contributed by atoms with Crippen LogP contribution in [0.4, 0.5) is 5.82 Å². The van der Waals surface area contributed by atoms with E-state index in [4.69, 9.17) is 10.7 Å². The molecule has 0 amide bonds. The van der Waals surface area contributed by atoms with E-state index >= 15 is 0 Å². The number of piperidine rings is 1. The third kappa shape index (κ3) is 2.00. The minimum absolute atomic E-state index is 0.474. The molecule has 4 nitrogen and oxygen atoms in total. The summed E-state index contributed by atoms with van der Waals surface area (Å²) in [5.41, 5.74) is 7.71. The third-order valence-corrected chi connectivity index (χ3v) is 5.75. The summed E-state index contributed by atoms with van der Waals surface area (Å²) in [4.78, 5) is 12.1. The fourth-order valence-corrected chi connectivity index (χ4v) is 4.74. The number of aryl methyl sites for hydroxylation is 2. The molecule has 1 aliphatic carbocycles. The van der Waals surface area contributed by atoms with Crippen molar-refractivity contribution >= 4 is 27.4 Å². The van der Waals surface area contributed by atoms with Crippen molar-refractivity contribution in [2.45, 2.75) is 44.4 Å². The minimum Gasteiger partial charge on any atom is -0.383 e. The number of nitrogens with zero attached hydrogens (tertiary/aromatic N) is 2. The highest BCUT2D eigenvalue weighted by molar-refractivity contribution is 7.19. The lowest BCUT2D eigenvalue weighted by molar-refractivity contribution is 0.446. The predicted molar refractivity (Wildman–Crippen MR) is 83.3 cm³/mol. The average molecular weight is 288 g/mol. The zero-order valence-corrected chi connectivity index (χ0v) is 12.4. The van der Waals surface area contributed by atoms with Gasteiger partial charge in [-0.2, -0.15) is 0 Å². The topological polar surface area (TPSA) is 63.8 Å². The van der Waals surface area contributed by atoms with Crippen LogP contribution in [0.15, 0.2) is 0 Å². The Morgan fingerprint density at radius 2 is 1.90 bits per heavy atom. The van der Waals surface area contributed by atoms with Gasteiger partial charge in [0.15, 0.2) is 0 Å². The van der Waals surface area contributed by atoms with E-state index in [1.807, 2.05) is 11.3 Å². The fraction of sp³-hybridized carbons (Fsp3) is 0.600. The Kier molecular flexibility index (Phi) is 3.11. The Bertz CT molecular complexity index is 643. The summed E-state index contributed by atoms with van der Waals surface area (Å²) < 4.78 is 0. The fourth-order valence-electron chi connectivity index (χ4n) is 3.47. The zero-order valence-electron chi connectivity index (χ0n) is 11.6. The first kappa shape index (κ1) is 12.5. The van der Waals surface area contributed by atoms with Crippen molar-refractivity contribution in [2.75, 3.05) is 18.8 Å². The maximum Gasteiger partial charge on any atom is 0.136 e. The van der Waals surface area contributed by atoms with Gasteiger partial charge in [0.1, 0.15) is 16.5 Å². The van der Waals surface area contributed by atoms with Crippen molar-refractivity contribution in [3.63, 3.8) is 0 Å². The molecule has 2 aromatic rings. The molecule has 1 fully saturated rings. The highest BCUT2D eigenvalue weighted by Gasteiger charge is 2.23. The molecule has 1 aliphatic heterocycles. The Morgan fingerprint density at radius 3 is 2.75 bits per heavy atom. The zero-order chi connectivity index (χ0) is 13.5. The van der Waals surface area contributed by atoms with Crippen molar-refractivity contribution in [1.29, 1.82) is 0 Å². The van der Waals surface area contributed by atoms with E-state index in [0.29, 0.717) is 11.7 Å². The molecule has 0 radical (unpaired) electrons. The second-order valence-corrected chi connectivity index (χ2v) is 6.97. The van der Waals surface area contributed by atoms with Crippen molar-refractivity contribution in [3.05, 3.63) is 16.3 Å². The molecule has 2 aliphatic rings. The number of hydrogen-bond acceptors (Lipinski definition) is 5. The largest absolute Gasteiger partial charge is 0.383 e. The maximum absolute atomic E-state index is 6.27. The molecule has 20 heavy (non-hydrogen) atoms. The standard InChI is InChI=1S/C15H20N4S/c16-13-12-10-3-1-2-4-11(10)20-15(12)19-14(18-13)9-5-7-17-8-6-9/h9,17H,1-8H2,(H2,16,18,19). The molecule has 3 heterocycles. The first-order valence-corrected chi connectivity index (χ1v) is 8.43. The molecule has 2 aromatic heterocycles. The summed E-state index contributed by atoms with van der Waals surface area (Å²) in [5, 5.41) is 4.55. The van der Waals surface area contributed by atoms with Gasteiger partial charge >= 0.3 is 0 Å². The maximum atomic E-state index is 6.27. The molecule has 3 N–H and O–H groups in total. The van der Waals surface area contributed by atoms with E-state index in [9.17, 15) is 0 Å². The van der Waals surface area contributed by atoms with Crippen LogP contribution in [0.3, 0.4) is 0 Å². The first-order chi connectivity index (χ1) is 9.83. The van der Waals surface area contributed by atoms with Gasteiger partial charge in [-0.3, -0.25) is 0 Å². The van der Waals surface area contributed by atoms with Crippen molar-refractivity contribution in [1.82, 2.24) is 15.3 Å². The van der Waals surface area contributed by atoms with E-state index in [2.05, 4.69) is 10.3 Å². The Balaban J connectivity index is 1.81. The number of hydrogen-bond donors (Lipinski definition) is 2. The van der Waals surface area contributed by atoms with E-state index in [1.54, 1.807) is 0 Å². The van der Waals surface area contributed by atoms with Crippen LogP contribution in [-0.2, 0) is 12.8 Å². The van der Waals surface area contributed by atoms with Crippen LogP contribution in [0.1, 0.15) is 47.9 Å². The number of thiophene rings is 1. The van der Waals surface area contributed by atoms with Gasteiger partial charge in [-0.05, 0) is 57.2 Å². The summed E-state index contributed by atoms with van der Waals surface area (Å²) in [7, 11) is 0. The number of nitrogens with one attached hydrogen (secondary N) is 1. The molecule has 0 unspecified atom stereocenters. The van der Waals surface area contributed by atoms with Crippen LogP contribution < -0.4 is 11.1 Å². The Morgan fingerprint density at radius 1 is 1.10 bits per heavy atom. The molecule has 1 saturated heterocycles. The SMILES string of the molecule is Nc1nc(C2CCNCC2)nc2sc3c(c12)CCCC3. The van der Waals surface area contributed by atoms with Gasteiger partial charge in [0.25, 0.3) is 0 Å². The van der Waals surface area contributed by atoms with E-state index in [1.165, 1.54) is 29.7 Å². The monoisotopic (exact) mass is 288 g/mol. The van der Waals surface area contributed by atoms with Gasteiger partial charge in [-0.1, -0.05) is 0 Å². The van der Waals surface area contributed by atoms with Gasteiger partial charge in [-0.25, -0.2) is 9.97 Å².